The van der Waals surface area contributed by atoms with Gasteiger partial charge in [0.1, 0.15) is 6.54 Å². The highest BCUT2D eigenvalue weighted by Gasteiger charge is 2.30. The van der Waals surface area contributed by atoms with Crippen molar-refractivity contribution in [3.8, 4) is 11.8 Å². The summed E-state index contributed by atoms with van der Waals surface area (Å²) < 4.78 is 37.5. The maximum Gasteiger partial charge on any atom is 0.416 e. The first kappa shape index (κ1) is 19.6. The molecule has 0 atom stereocenters. The lowest BCUT2D eigenvalue weighted by Gasteiger charge is -2.07. The Labute approximate surface area is 139 Å². The van der Waals surface area contributed by atoms with E-state index in [0.717, 1.165) is 12.1 Å². The number of halogens is 4. The average molecular weight is 411 g/mol. The van der Waals surface area contributed by atoms with Crippen molar-refractivity contribution in [3.63, 3.8) is 0 Å². The molecular formula is C14H17F3IN3. The van der Waals surface area contributed by atoms with E-state index in [1.165, 1.54) is 12.1 Å². The van der Waals surface area contributed by atoms with Gasteiger partial charge >= 0.3 is 6.18 Å². The van der Waals surface area contributed by atoms with E-state index < -0.39 is 11.7 Å². The maximum atomic E-state index is 12.5. The molecule has 3 nitrogen and oxygen atoms in total. The molecule has 0 amide bonds. The predicted molar refractivity (Wildman–Crippen MR) is 88.5 cm³/mol. The van der Waals surface area contributed by atoms with Gasteiger partial charge in [0.25, 0.3) is 0 Å². The molecule has 0 aliphatic rings. The van der Waals surface area contributed by atoms with E-state index in [4.69, 9.17) is 5.73 Å². The van der Waals surface area contributed by atoms with Crippen molar-refractivity contribution < 1.29 is 13.2 Å². The second kappa shape index (κ2) is 8.77. The number of benzene rings is 1. The molecule has 1 rings (SSSR count). The van der Waals surface area contributed by atoms with Crippen LogP contribution in [0.4, 0.5) is 13.2 Å². The van der Waals surface area contributed by atoms with Gasteiger partial charge in [-0.1, -0.05) is 17.9 Å². The Morgan fingerprint density at radius 3 is 2.62 bits per heavy atom. The summed E-state index contributed by atoms with van der Waals surface area (Å²) in [4.78, 5) is 3.94. The number of nitrogens with zero attached hydrogens (tertiary/aromatic N) is 1. The summed E-state index contributed by atoms with van der Waals surface area (Å²) in [5, 5.41) is 2.88. The molecule has 1 aromatic rings. The fourth-order valence-corrected chi connectivity index (χ4v) is 1.38. The Kier molecular flexibility index (Phi) is 8.17. The molecule has 0 spiro atoms. The highest BCUT2D eigenvalue weighted by atomic mass is 127. The van der Waals surface area contributed by atoms with Gasteiger partial charge in [-0.3, -0.25) is 0 Å². The molecule has 0 saturated heterocycles. The predicted octanol–water partition coefficient (Wildman–Crippen LogP) is 2.99. The molecule has 0 unspecified atom stereocenters. The lowest BCUT2D eigenvalue weighted by atomic mass is 10.1. The van der Waals surface area contributed by atoms with Crippen molar-refractivity contribution in [2.24, 2.45) is 10.7 Å². The normalized spacial score (nSPS) is 11.4. The third kappa shape index (κ3) is 7.80. The van der Waals surface area contributed by atoms with Crippen molar-refractivity contribution in [2.45, 2.75) is 26.1 Å². The summed E-state index contributed by atoms with van der Waals surface area (Å²) in [6.07, 6.45) is -4.36. The quantitative estimate of drug-likeness (QED) is 0.340. The molecule has 0 radical (unpaired) electrons. The summed E-state index contributed by atoms with van der Waals surface area (Å²) >= 11 is 0. The fraction of sp³-hybridized carbons (Fsp3) is 0.357. The van der Waals surface area contributed by atoms with Crippen LogP contribution in [-0.4, -0.2) is 18.5 Å². The van der Waals surface area contributed by atoms with Gasteiger partial charge in [-0.25, -0.2) is 4.99 Å². The van der Waals surface area contributed by atoms with Gasteiger partial charge in [-0.15, -0.1) is 24.0 Å². The van der Waals surface area contributed by atoms with Crippen LogP contribution in [-0.2, 0) is 6.18 Å². The summed E-state index contributed by atoms with van der Waals surface area (Å²) in [6, 6.07) is 5.02. The number of alkyl halides is 3. The standard InChI is InChI=1S/C14H16F3N3.HI/c1-10(2)20-13(18)19-8-4-6-11-5-3-7-12(9-11)14(15,16)17;/h3,5,7,9-10H,8H2,1-2H3,(H3,18,19,20);1H. The van der Waals surface area contributed by atoms with Gasteiger partial charge < -0.3 is 11.1 Å². The van der Waals surface area contributed by atoms with Crippen LogP contribution in [0.5, 0.6) is 0 Å². The fourth-order valence-electron chi connectivity index (χ4n) is 1.38. The first-order chi connectivity index (χ1) is 9.29. The van der Waals surface area contributed by atoms with Crippen LogP contribution in [0.1, 0.15) is 25.0 Å². The van der Waals surface area contributed by atoms with E-state index in [1.54, 1.807) is 0 Å². The second-order valence-corrected chi connectivity index (χ2v) is 4.38. The summed E-state index contributed by atoms with van der Waals surface area (Å²) in [6.45, 7) is 3.95. The third-order valence-electron chi connectivity index (χ3n) is 2.19. The molecule has 0 aromatic heterocycles. The summed E-state index contributed by atoms with van der Waals surface area (Å²) in [5.41, 5.74) is 5.14. The van der Waals surface area contributed by atoms with E-state index in [2.05, 4.69) is 22.2 Å². The van der Waals surface area contributed by atoms with Gasteiger partial charge in [0.2, 0.25) is 0 Å². The molecule has 0 saturated carbocycles. The van der Waals surface area contributed by atoms with E-state index in [1.807, 2.05) is 13.8 Å². The molecule has 0 heterocycles. The Morgan fingerprint density at radius 1 is 1.38 bits per heavy atom. The minimum atomic E-state index is -4.36. The minimum absolute atomic E-state index is 0. The first-order valence-corrected chi connectivity index (χ1v) is 6.01. The van der Waals surface area contributed by atoms with Gasteiger partial charge in [0, 0.05) is 11.6 Å². The molecule has 0 bridgehead atoms. The van der Waals surface area contributed by atoms with E-state index in [-0.39, 0.29) is 42.5 Å². The van der Waals surface area contributed by atoms with Crippen molar-refractivity contribution in [2.75, 3.05) is 6.54 Å². The summed E-state index contributed by atoms with van der Waals surface area (Å²) in [5.74, 6) is 5.55. The van der Waals surface area contributed by atoms with Crippen LogP contribution in [0.15, 0.2) is 29.3 Å². The van der Waals surface area contributed by atoms with Crippen molar-refractivity contribution in [3.05, 3.63) is 35.4 Å². The number of guanidine groups is 1. The van der Waals surface area contributed by atoms with Crippen LogP contribution in [0.25, 0.3) is 0 Å². The molecule has 0 fully saturated rings. The van der Waals surface area contributed by atoms with Crippen molar-refractivity contribution in [1.29, 1.82) is 0 Å². The molecule has 7 heteroatoms. The zero-order valence-electron chi connectivity index (χ0n) is 11.7. The van der Waals surface area contributed by atoms with Crippen molar-refractivity contribution in [1.82, 2.24) is 5.32 Å². The number of rotatable bonds is 2. The maximum absolute atomic E-state index is 12.5. The lowest BCUT2D eigenvalue weighted by Crippen LogP contribution is -2.36. The van der Waals surface area contributed by atoms with Crippen LogP contribution in [0.2, 0.25) is 0 Å². The van der Waals surface area contributed by atoms with E-state index >= 15 is 0 Å². The van der Waals surface area contributed by atoms with E-state index in [0.29, 0.717) is 5.56 Å². The second-order valence-electron chi connectivity index (χ2n) is 4.38. The Bertz CT molecular complexity index is 542. The highest BCUT2D eigenvalue weighted by molar-refractivity contribution is 14.0. The monoisotopic (exact) mass is 411 g/mol. The molecule has 116 valence electrons. The van der Waals surface area contributed by atoms with Gasteiger partial charge in [0.15, 0.2) is 5.96 Å². The molecule has 0 aliphatic heterocycles. The topological polar surface area (TPSA) is 50.4 Å². The molecule has 0 aliphatic carbocycles. The SMILES string of the molecule is CC(C)NC(N)=NCC#Cc1cccc(C(F)(F)F)c1.I. The molecule has 21 heavy (non-hydrogen) atoms. The largest absolute Gasteiger partial charge is 0.416 e. The van der Waals surface area contributed by atoms with Crippen molar-refractivity contribution >= 4 is 29.9 Å². The molecule has 1 aromatic carbocycles. The highest BCUT2D eigenvalue weighted by Crippen LogP contribution is 2.29. The third-order valence-corrected chi connectivity index (χ3v) is 2.19. The Morgan fingerprint density at radius 2 is 2.05 bits per heavy atom. The van der Waals surface area contributed by atoms with E-state index in [9.17, 15) is 13.2 Å². The average Bonchev–Trinajstić information content (AvgIpc) is 2.33. The number of hydrogen-bond acceptors (Lipinski definition) is 1. The van der Waals surface area contributed by atoms with Crippen LogP contribution in [0, 0.1) is 11.8 Å². The van der Waals surface area contributed by atoms with Crippen LogP contribution < -0.4 is 11.1 Å². The molecule has 3 N–H and O–H groups in total. The zero-order valence-corrected chi connectivity index (χ0v) is 14.0. The zero-order chi connectivity index (χ0) is 15.2. The minimum Gasteiger partial charge on any atom is -0.370 e. The smallest absolute Gasteiger partial charge is 0.370 e. The molecular weight excluding hydrogens is 394 g/mol. The van der Waals surface area contributed by atoms with Crippen LogP contribution in [0.3, 0.4) is 0 Å². The Balaban J connectivity index is 0.00000400. The number of nitrogens with two attached hydrogens (primary N) is 1. The summed E-state index contributed by atoms with van der Waals surface area (Å²) in [7, 11) is 0. The van der Waals surface area contributed by atoms with Gasteiger partial charge in [0.05, 0.1) is 5.56 Å². The number of nitrogens with one attached hydrogen (secondary N) is 1. The lowest BCUT2D eigenvalue weighted by molar-refractivity contribution is -0.137. The van der Waals surface area contributed by atoms with Gasteiger partial charge in [-0.05, 0) is 32.0 Å². The Hall–Kier alpha value is -1.43. The number of aliphatic imine (C=N–C) groups is 1. The first-order valence-electron chi connectivity index (χ1n) is 6.01. The number of hydrogen-bond donors (Lipinski definition) is 2. The van der Waals surface area contributed by atoms with Gasteiger partial charge in [-0.2, -0.15) is 13.2 Å². The van der Waals surface area contributed by atoms with Crippen LogP contribution >= 0.6 is 24.0 Å².